The Balaban J connectivity index is 2.18. The van der Waals surface area contributed by atoms with E-state index < -0.39 is 0 Å². The molecule has 0 amide bonds. The summed E-state index contributed by atoms with van der Waals surface area (Å²) in [4.78, 5) is 13.0. The third-order valence-electron chi connectivity index (χ3n) is 2.99. The highest BCUT2D eigenvalue weighted by Gasteiger charge is 2.10. The number of hydrogen-bond acceptors (Lipinski definition) is 4. The molecule has 0 fully saturated rings. The summed E-state index contributed by atoms with van der Waals surface area (Å²) in [7, 11) is 0. The van der Waals surface area contributed by atoms with Crippen molar-refractivity contribution in [2.24, 2.45) is 0 Å². The van der Waals surface area contributed by atoms with E-state index in [-0.39, 0.29) is 0 Å². The second-order valence-corrected chi connectivity index (χ2v) is 4.77. The topological polar surface area (TPSA) is 55.6 Å². The van der Waals surface area contributed by atoms with E-state index in [1.807, 2.05) is 6.33 Å². The molecular formula is C13H21N5. The Morgan fingerprint density at radius 1 is 1.22 bits per heavy atom. The molecule has 2 heterocycles. The van der Waals surface area contributed by atoms with Crippen molar-refractivity contribution < 1.29 is 0 Å². The van der Waals surface area contributed by atoms with Crippen molar-refractivity contribution in [2.45, 2.75) is 46.1 Å². The minimum atomic E-state index is 0.359. The van der Waals surface area contributed by atoms with Crippen LogP contribution < -0.4 is 5.32 Å². The van der Waals surface area contributed by atoms with Crippen molar-refractivity contribution in [3.63, 3.8) is 0 Å². The van der Waals surface area contributed by atoms with Crippen LogP contribution in [0.15, 0.2) is 12.7 Å². The molecule has 0 saturated carbocycles. The van der Waals surface area contributed by atoms with Gasteiger partial charge in [0.25, 0.3) is 0 Å². The first-order valence-electron chi connectivity index (χ1n) is 6.65. The van der Waals surface area contributed by atoms with Crippen LogP contribution in [0.3, 0.4) is 0 Å². The van der Waals surface area contributed by atoms with Gasteiger partial charge in [-0.25, -0.2) is 15.0 Å². The maximum Gasteiger partial charge on any atom is 0.165 e. The first kappa shape index (κ1) is 12.8. The van der Waals surface area contributed by atoms with Gasteiger partial charge in [0.05, 0.1) is 6.33 Å². The molecule has 0 radical (unpaired) electrons. The zero-order valence-electron chi connectivity index (χ0n) is 11.3. The molecule has 0 aliphatic carbocycles. The second kappa shape index (κ2) is 5.80. The van der Waals surface area contributed by atoms with Crippen molar-refractivity contribution in [1.82, 2.24) is 19.5 Å². The first-order chi connectivity index (χ1) is 8.74. The Labute approximate surface area is 108 Å². The van der Waals surface area contributed by atoms with Crippen molar-refractivity contribution >= 4 is 17.0 Å². The molecule has 0 atom stereocenters. The fourth-order valence-corrected chi connectivity index (χ4v) is 1.94. The molecule has 0 aliphatic rings. The Bertz CT molecular complexity index is 503. The van der Waals surface area contributed by atoms with Crippen LogP contribution in [0.25, 0.3) is 11.2 Å². The fraction of sp³-hybridized carbons (Fsp3) is 0.615. The molecular weight excluding hydrogens is 226 g/mol. The van der Waals surface area contributed by atoms with Crippen LogP contribution >= 0.6 is 0 Å². The lowest BCUT2D eigenvalue weighted by atomic mass is 10.2. The van der Waals surface area contributed by atoms with E-state index in [0.717, 1.165) is 29.9 Å². The standard InChI is InChI=1S/C13H21N5/c1-4-5-6-7-14-12-11-13(16-8-15-12)18(9-17-11)10(2)3/h8-10H,4-7H2,1-3H3,(H,14,15,16). The monoisotopic (exact) mass is 247 g/mol. The number of rotatable bonds is 6. The summed E-state index contributed by atoms with van der Waals surface area (Å²) in [5.41, 5.74) is 1.76. The molecule has 5 nitrogen and oxygen atoms in total. The van der Waals surface area contributed by atoms with Crippen molar-refractivity contribution in [3.05, 3.63) is 12.7 Å². The molecule has 5 heteroatoms. The number of fused-ring (bicyclic) bond motifs is 1. The number of nitrogens with one attached hydrogen (secondary N) is 1. The van der Waals surface area contributed by atoms with E-state index in [2.05, 4.69) is 45.6 Å². The number of nitrogens with zero attached hydrogens (tertiary/aromatic N) is 4. The van der Waals surface area contributed by atoms with Crippen LogP contribution in [0.2, 0.25) is 0 Å². The van der Waals surface area contributed by atoms with Gasteiger partial charge >= 0.3 is 0 Å². The molecule has 0 saturated heterocycles. The quantitative estimate of drug-likeness (QED) is 0.797. The number of aromatic nitrogens is 4. The molecule has 1 N–H and O–H groups in total. The SMILES string of the molecule is CCCCCNc1ncnc2c1ncn2C(C)C. The third-order valence-corrected chi connectivity index (χ3v) is 2.99. The Kier molecular flexibility index (Phi) is 4.12. The van der Waals surface area contributed by atoms with Gasteiger partial charge in [0.1, 0.15) is 11.8 Å². The van der Waals surface area contributed by atoms with Gasteiger partial charge in [-0.2, -0.15) is 0 Å². The summed E-state index contributed by atoms with van der Waals surface area (Å²) in [6.07, 6.45) is 7.06. The number of anilines is 1. The van der Waals surface area contributed by atoms with Crippen LogP contribution in [-0.2, 0) is 0 Å². The minimum absolute atomic E-state index is 0.359. The summed E-state index contributed by atoms with van der Waals surface area (Å²) < 4.78 is 2.06. The summed E-state index contributed by atoms with van der Waals surface area (Å²) >= 11 is 0. The molecule has 0 unspecified atom stereocenters. The third kappa shape index (κ3) is 2.60. The van der Waals surface area contributed by atoms with Gasteiger partial charge in [0, 0.05) is 12.6 Å². The summed E-state index contributed by atoms with van der Waals surface area (Å²) in [5, 5.41) is 3.35. The Morgan fingerprint density at radius 2 is 2.06 bits per heavy atom. The molecule has 0 spiro atoms. The molecule has 2 aromatic heterocycles. The summed E-state index contributed by atoms with van der Waals surface area (Å²) in [6.45, 7) is 7.39. The zero-order chi connectivity index (χ0) is 13.0. The first-order valence-corrected chi connectivity index (χ1v) is 6.65. The van der Waals surface area contributed by atoms with Crippen molar-refractivity contribution in [2.75, 3.05) is 11.9 Å². The van der Waals surface area contributed by atoms with Crippen molar-refractivity contribution in [3.8, 4) is 0 Å². The Hall–Kier alpha value is -1.65. The highest BCUT2D eigenvalue weighted by Crippen LogP contribution is 2.20. The predicted molar refractivity (Wildman–Crippen MR) is 73.7 cm³/mol. The lowest BCUT2D eigenvalue weighted by molar-refractivity contribution is 0.612. The van der Waals surface area contributed by atoms with Gasteiger partial charge in [-0.1, -0.05) is 19.8 Å². The highest BCUT2D eigenvalue weighted by molar-refractivity contribution is 5.82. The van der Waals surface area contributed by atoms with Crippen LogP contribution in [0.1, 0.15) is 46.1 Å². The Morgan fingerprint density at radius 3 is 2.78 bits per heavy atom. The number of unbranched alkanes of at least 4 members (excludes halogenated alkanes) is 2. The van der Waals surface area contributed by atoms with E-state index in [1.54, 1.807) is 6.33 Å². The van der Waals surface area contributed by atoms with Gasteiger partial charge in [0.2, 0.25) is 0 Å². The average Bonchev–Trinajstić information content (AvgIpc) is 2.79. The van der Waals surface area contributed by atoms with Gasteiger partial charge < -0.3 is 9.88 Å². The molecule has 98 valence electrons. The minimum Gasteiger partial charge on any atom is -0.368 e. The summed E-state index contributed by atoms with van der Waals surface area (Å²) in [6, 6.07) is 0.359. The van der Waals surface area contributed by atoms with Gasteiger partial charge in [0.15, 0.2) is 11.5 Å². The van der Waals surface area contributed by atoms with E-state index in [4.69, 9.17) is 0 Å². The van der Waals surface area contributed by atoms with Gasteiger partial charge in [-0.05, 0) is 20.3 Å². The van der Waals surface area contributed by atoms with Gasteiger partial charge in [-0.3, -0.25) is 0 Å². The fourth-order valence-electron chi connectivity index (χ4n) is 1.94. The summed E-state index contributed by atoms with van der Waals surface area (Å²) in [5.74, 6) is 0.843. The lowest BCUT2D eigenvalue weighted by Crippen LogP contribution is -2.05. The number of imidazole rings is 1. The average molecular weight is 247 g/mol. The van der Waals surface area contributed by atoms with E-state index in [1.165, 1.54) is 12.8 Å². The maximum atomic E-state index is 4.41. The molecule has 0 bridgehead atoms. The van der Waals surface area contributed by atoms with E-state index in [9.17, 15) is 0 Å². The van der Waals surface area contributed by atoms with E-state index >= 15 is 0 Å². The molecule has 0 aliphatic heterocycles. The normalized spacial score (nSPS) is 11.3. The highest BCUT2D eigenvalue weighted by atomic mass is 15.2. The zero-order valence-corrected chi connectivity index (χ0v) is 11.3. The molecule has 18 heavy (non-hydrogen) atoms. The second-order valence-electron chi connectivity index (χ2n) is 4.77. The van der Waals surface area contributed by atoms with Crippen LogP contribution in [0.4, 0.5) is 5.82 Å². The smallest absolute Gasteiger partial charge is 0.165 e. The van der Waals surface area contributed by atoms with Crippen LogP contribution in [0.5, 0.6) is 0 Å². The molecule has 2 aromatic rings. The van der Waals surface area contributed by atoms with Gasteiger partial charge in [-0.15, -0.1) is 0 Å². The molecule has 2 rings (SSSR count). The number of hydrogen-bond donors (Lipinski definition) is 1. The maximum absolute atomic E-state index is 4.41. The predicted octanol–water partition coefficient (Wildman–Crippen LogP) is 3.01. The molecule has 0 aromatic carbocycles. The van der Waals surface area contributed by atoms with Crippen LogP contribution in [-0.4, -0.2) is 26.1 Å². The van der Waals surface area contributed by atoms with Crippen LogP contribution in [0, 0.1) is 0 Å². The van der Waals surface area contributed by atoms with E-state index in [0.29, 0.717) is 6.04 Å². The largest absolute Gasteiger partial charge is 0.368 e. The lowest BCUT2D eigenvalue weighted by Gasteiger charge is -2.08. The van der Waals surface area contributed by atoms with Crippen molar-refractivity contribution in [1.29, 1.82) is 0 Å².